The molecule has 0 unspecified atom stereocenters. The molecule has 1 aromatic carbocycles. The molecule has 2 aromatic rings. The zero-order chi connectivity index (χ0) is 14.5. The standard InChI is InChI=1S/C14H11F2N3O/c1-9(12-3-2-11(15)8-13(12)16)18-19-14(20)10-4-6-17-7-5-10/h2-8,18H,1H2,(H,19,20). The number of pyridine rings is 1. The number of benzene rings is 1. The molecule has 0 atom stereocenters. The molecule has 0 saturated carbocycles. The fourth-order valence-electron chi connectivity index (χ4n) is 1.51. The van der Waals surface area contributed by atoms with Crippen LogP contribution in [-0.2, 0) is 0 Å². The molecule has 4 nitrogen and oxygen atoms in total. The molecule has 0 bridgehead atoms. The highest BCUT2D eigenvalue weighted by Gasteiger charge is 2.09. The van der Waals surface area contributed by atoms with Gasteiger partial charge in [0, 0.05) is 29.6 Å². The molecule has 0 fully saturated rings. The van der Waals surface area contributed by atoms with Gasteiger partial charge < -0.3 is 0 Å². The smallest absolute Gasteiger partial charge is 0.269 e. The third kappa shape index (κ3) is 3.17. The van der Waals surface area contributed by atoms with Gasteiger partial charge in [0.1, 0.15) is 11.6 Å². The van der Waals surface area contributed by atoms with Crippen LogP contribution in [0.2, 0.25) is 0 Å². The third-order valence-electron chi connectivity index (χ3n) is 2.53. The van der Waals surface area contributed by atoms with E-state index >= 15 is 0 Å². The molecule has 2 N–H and O–H groups in total. The molecule has 2 rings (SSSR count). The van der Waals surface area contributed by atoms with Crippen molar-refractivity contribution in [3.05, 3.63) is 72.1 Å². The lowest BCUT2D eigenvalue weighted by atomic mass is 10.1. The van der Waals surface area contributed by atoms with Gasteiger partial charge >= 0.3 is 0 Å². The number of hydrogen-bond donors (Lipinski definition) is 2. The van der Waals surface area contributed by atoms with Crippen LogP contribution in [-0.4, -0.2) is 10.9 Å². The molecule has 0 radical (unpaired) electrons. The number of aromatic nitrogens is 1. The predicted molar refractivity (Wildman–Crippen MR) is 70.2 cm³/mol. The van der Waals surface area contributed by atoms with Gasteiger partial charge in [0.05, 0.1) is 5.70 Å². The van der Waals surface area contributed by atoms with E-state index in [9.17, 15) is 13.6 Å². The van der Waals surface area contributed by atoms with E-state index in [4.69, 9.17) is 0 Å². The van der Waals surface area contributed by atoms with Gasteiger partial charge in [-0.15, -0.1) is 0 Å². The molecule has 102 valence electrons. The van der Waals surface area contributed by atoms with Gasteiger partial charge in [-0.3, -0.25) is 20.6 Å². The summed E-state index contributed by atoms with van der Waals surface area (Å²) >= 11 is 0. The van der Waals surface area contributed by atoms with Crippen LogP contribution >= 0.6 is 0 Å². The zero-order valence-electron chi connectivity index (χ0n) is 10.4. The molecule has 0 aliphatic rings. The number of nitrogens with zero attached hydrogens (tertiary/aromatic N) is 1. The molecule has 1 aromatic heterocycles. The number of hydrazine groups is 1. The number of carbonyl (C=O) groups is 1. The van der Waals surface area contributed by atoms with Crippen LogP contribution < -0.4 is 10.9 Å². The number of carbonyl (C=O) groups excluding carboxylic acids is 1. The Morgan fingerprint density at radius 2 is 1.80 bits per heavy atom. The first-order chi connectivity index (χ1) is 9.58. The third-order valence-corrected chi connectivity index (χ3v) is 2.53. The van der Waals surface area contributed by atoms with Crippen molar-refractivity contribution in [3.63, 3.8) is 0 Å². The first-order valence-electron chi connectivity index (χ1n) is 5.68. The molecular formula is C14H11F2N3O. The summed E-state index contributed by atoms with van der Waals surface area (Å²) in [7, 11) is 0. The number of rotatable bonds is 4. The van der Waals surface area contributed by atoms with Crippen molar-refractivity contribution < 1.29 is 13.6 Å². The molecular weight excluding hydrogens is 264 g/mol. The van der Waals surface area contributed by atoms with Crippen molar-refractivity contribution in [1.29, 1.82) is 0 Å². The molecule has 0 saturated heterocycles. The summed E-state index contributed by atoms with van der Waals surface area (Å²) in [5.74, 6) is -1.86. The first kappa shape index (κ1) is 13.7. The maximum Gasteiger partial charge on any atom is 0.269 e. The topological polar surface area (TPSA) is 54.0 Å². The summed E-state index contributed by atoms with van der Waals surface area (Å²) in [4.78, 5) is 15.5. The van der Waals surface area contributed by atoms with Crippen molar-refractivity contribution >= 4 is 11.6 Å². The van der Waals surface area contributed by atoms with Crippen LogP contribution in [0.3, 0.4) is 0 Å². The van der Waals surface area contributed by atoms with Gasteiger partial charge in [-0.1, -0.05) is 6.58 Å². The van der Waals surface area contributed by atoms with Crippen LogP contribution in [0.4, 0.5) is 8.78 Å². The summed E-state index contributed by atoms with van der Waals surface area (Å²) in [6, 6.07) is 6.14. The van der Waals surface area contributed by atoms with E-state index < -0.39 is 17.5 Å². The Kier molecular flexibility index (Phi) is 4.05. The number of hydrogen-bond acceptors (Lipinski definition) is 3. The lowest BCUT2D eigenvalue weighted by Gasteiger charge is -2.11. The highest BCUT2D eigenvalue weighted by molar-refractivity contribution is 5.94. The maximum absolute atomic E-state index is 13.5. The Hall–Kier alpha value is -2.76. The van der Waals surface area contributed by atoms with Gasteiger partial charge in [-0.2, -0.15) is 0 Å². The average molecular weight is 275 g/mol. The van der Waals surface area contributed by atoms with Crippen molar-refractivity contribution in [2.75, 3.05) is 0 Å². The molecule has 0 aliphatic heterocycles. The highest BCUT2D eigenvalue weighted by Crippen LogP contribution is 2.15. The quantitative estimate of drug-likeness (QED) is 0.842. The van der Waals surface area contributed by atoms with Crippen LogP contribution in [0.1, 0.15) is 15.9 Å². The summed E-state index contributed by atoms with van der Waals surface area (Å²) in [5.41, 5.74) is 5.42. The molecule has 1 amide bonds. The van der Waals surface area contributed by atoms with Gasteiger partial charge in [0.15, 0.2) is 0 Å². The summed E-state index contributed by atoms with van der Waals surface area (Å²) in [6.07, 6.45) is 2.95. The van der Waals surface area contributed by atoms with Gasteiger partial charge in [-0.25, -0.2) is 8.78 Å². The fourth-order valence-corrected chi connectivity index (χ4v) is 1.51. The second-order valence-electron chi connectivity index (χ2n) is 3.92. The first-order valence-corrected chi connectivity index (χ1v) is 5.68. The summed E-state index contributed by atoms with van der Waals surface area (Å²) in [5, 5.41) is 0. The van der Waals surface area contributed by atoms with E-state index in [0.717, 1.165) is 12.1 Å². The van der Waals surface area contributed by atoms with E-state index in [2.05, 4.69) is 22.4 Å². The number of amides is 1. The van der Waals surface area contributed by atoms with Crippen LogP contribution in [0.15, 0.2) is 49.3 Å². The minimum absolute atomic E-state index is 0.0708. The Bertz CT molecular complexity index is 644. The predicted octanol–water partition coefficient (Wildman–Crippen LogP) is 2.27. The summed E-state index contributed by atoms with van der Waals surface area (Å²) < 4.78 is 26.3. The molecule has 0 spiro atoms. The van der Waals surface area contributed by atoms with Crippen LogP contribution in [0.5, 0.6) is 0 Å². The molecule has 0 aliphatic carbocycles. The van der Waals surface area contributed by atoms with E-state index in [1.165, 1.54) is 30.6 Å². The highest BCUT2D eigenvalue weighted by atomic mass is 19.1. The second-order valence-corrected chi connectivity index (χ2v) is 3.92. The lowest BCUT2D eigenvalue weighted by Crippen LogP contribution is -2.36. The van der Waals surface area contributed by atoms with Crippen LogP contribution in [0, 0.1) is 11.6 Å². The van der Waals surface area contributed by atoms with Crippen molar-refractivity contribution in [3.8, 4) is 0 Å². The Morgan fingerprint density at radius 1 is 1.10 bits per heavy atom. The van der Waals surface area contributed by atoms with Crippen LogP contribution in [0.25, 0.3) is 5.70 Å². The largest absolute Gasteiger partial charge is 0.298 e. The summed E-state index contributed by atoms with van der Waals surface area (Å²) in [6.45, 7) is 3.58. The second kappa shape index (κ2) is 5.92. The lowest BCUT2D eigenvalue weighted by molar-refractivity contribution is 0.0942. The average Bonchev–Trinajstić information content (AvgIpc) is 2.45. The van der Waals surface area contributed by atoms with E-state index in [1.807, 2.05) is 0 Å². The van der Waals surface area contributed by atoms with Crippen molar-refractivity contribution in [2.45, 2.75) is 0 Å². The van der Waals surface area contributed by atoms with Crippen molar-refractivity contribution in [2.24, 2.45) is 0 Å². The Balaban J connectivity index is 2.00. The van der Waals surface area contributed by atoms with Gasteiger partial charge in [-0.05, 0) is 24.3 Å². The monoisotopic (exact) mass is 275 g/mol. The maximum atomic E-state index is 13.5. The van der Waals surface area contributed by atoms with E-state index in [0.29, 0.717) is 5.56 Å². The van der Waals surface area contributed by atoms with Crippen molar-refractivity contribution in [1.82, 2.24) is 15.8 Å². The SMILES string of the molecule is C=C(NNC(=O)c1ccncc1)c1ccc(F)cc1F. The number of nitrogens with one attached hydrogen (secondary N) is 2. The van der Waals surface area contributed by atoms with Gasteiger partial charge in [0.25, 0.3) is 5.91 Å². The normalized spacial score (nSPS) is 9.90. The number of halogens is 2. The molecule has 1 heterocycles. The van der Waals surface area contributed by atoms with E-state index in [1.54, 1.807) is 0 Å². The minimum Gasteiger partial charge on any atom is -0.298 e. The molecule has 6 heteroatoms. The molecule has 20 heavy (non-hydrogen) atoms. The van der Waals surface area contributed by atoms with E-state index in [-0.39, 0.29) is 11.3 Å². The van der Waals surface area contributed by atoms with Gasteiger partial charge in [0.2, 0.25) is 0 Å². The Labute approximate surface area is 114 Å². The zero-order valence-corrected chi connectivity index (χ0v) is 10.4. The Morgan fingerprint density at radius 3 is 2.45 bits per heavy atom. The fraction of sp³-hybridized carbons (Fsp3) is 0. The minimum atomic E-state index is -0.763.